The van der Waals surface area contributed by atoms with E-state index in [0.717, 1.165) is 11.1 Å². The van der Waals surface area contributed by atoms with Crippen LogP contribution in [-0.4, -0.2) is 33.1 Å². The molecular formula is C22H24N4O4. The van der Waals surface area contributed by atoms with Gasteiger partial charge in [-0.1, -0.05) is 35.5 Å². The van der Waals surface area contributed by atoms with Crippen molar-refractivity contribution in [2.45, 2.75) is 45.3 Å². The Balaban J connectivity index is 1.59. The van der Waals surface area contributed by atoms with Crippen molar-refractivity contribution in [1.82, 2.24) is 20.4 Å². The van der Waals surface area contributed by atoms with Gasteiger partial charge in [-0.05, 0) is 31.5 Å². The molecule has 0 aliphatic carbocycles. The van der Waals surface area contributed by atoms with Crippen molar-refractivity contribution in [3.8, 4) is 11.4 Å². The van der Waals surface area contributed by atoms with Crippen LogP contribution in [0, 0.1) is 0 Å². The molecule has 2 aromatic heterocycles. The number of nitrogens with one attached hydrogen (secondary N) is 1. The maximum Gasteiger partial charge on any atom is 0.308 e. The standard InChI is InChI=1S/C22H24N4O4/c1-15(2)29-21(28)14-18(16-6-4-3-5-7-16)24-19(27)8-9-20-25-22(26-30-20)17-10-12-23-13-11-17/h3-7,10-13,15,18H,8-9,14H2,1-2H3,(H,24,27). The lowest BCUT2D eigenvalue weighted by Crippen LogP contribution is -2.31. The van der Waals surface area contributed by atoms with Crippen molar-refractivity contribution in [2.24, 2.45) is 0 Å². The van der Waals surface area contributed by atoms with Gasteiger partial charge in [0.25, 0.3) is 0 Å². The normalized spacial score (nSPS) is 11.8. The van der Waals surface area contributed by atoms with Crippen molar-refractivity contribution in [2.75, 3.05) is 0 Å². The number of aryl methyl sites for hydroxylation is 1. The fraction of sp³-hybridized carbons (Fsp3) is 0.318. The minimum Gasteiger partial charge on any atom is -0.463 e. The zero-order chi connectivity index (χ0) is 21.3. The fourth-order valence-corrected chi connectivity index (χ4v) is 2.88. The zero-order valence-corrected chi connectivity index (χ0v) is 16.9. The molecule has 2 heterocycles. The minimum atomic E-state index is -0.472. The first-order valence-electron chi connectivity index (χ1n) is 9.78. The van der Waals surface area contributed by atoms with Crippen LogP contribution in [0.5, 0.6) is 0 Å². The first kappa shape index (κ1) is 21.2. The number of ether oxygens (including phenoxy) is 1. The second-order valence-electron chi connectivity index (χ2n) is 7.02. The highest BCUT2D eigenvalue weighted by Crippen LogP contribution is 2.19. The van der Waals surface area contributed by atoms with E-state index in [1.807, 2.05) is 30.3 Å². The zero-order valence-electron chi connectivity index (χ0n) is 16.9. The molecular weight excluding hydrogens is 384 g/mol. The van der Waals surface area contributed by atoms with E-state index in [1.165, 1.54) is 0 Å². The third-order valence-corrected chi connectivity index (χ3v) is 4.25. The molecule has 30 heavy (non-hydrogen) atoms. The van der Waals surface area contributed by atoms with Crippen LogP contribution < -0.4 is 5.32 Å². The van der Waals surface area contributed by atoms with Crippen LogP contribution in [0.15, 0.2) is 59.4 Å². The number of hydrogen-bond donors (Lipinski definition) is 1. The molecule has 8 nitrogen and oxygen atoms in total. The van der Waals surface area contributed by atoms with Crippen LogP contribution in [0.3, 0.4) is 0 Å². The second kappa shape index (κ2) is 10.3. The average molecular weight is 408 g/mol. The van der Waals surface area contributed by atoms with Gasteiger partial charge < -0.3 is 14.6 Å². The number of rotatable bonds is 9. The van der Waals surface area contributed by atoms with Crippen molar-refractivity contribution >= 4 is 11.9 Å². The van der Waals surface area contributed by atoms with E-state index in [4.69, 9.17) is 9.26 Å². The van der Waals surface area contributed by atoms with E-state index in [9.17, 15) is 9.59 Å². The highest BCUT2D eigenvalue weighted by atomic mass is 16.5. The van der Waals surface area contributed by atoms with Crippen molar-refractivity contribution in [3.05, 3.63) is 66.3 Å². The van der Waals surface area contributed by atoms with E-state index in [0.29, 0.717) is 18.1 Å². The number of carbonyl (C=O) groups is 2. The Labute approximate surface area is 174 Å². The summed E-state index contributed by atoms with van der Waals surface area (Å²) >= 11 is 0. The molecule has 1 amide bonds. The summed E-state index contributed by atoms with van der Waals surface area (Å²) in [4.78, 5) is 32.9. The highest BCUT2D eigenvalue weighted by Gasteiger charge is 2.20. The molecule has 3 rings (SSSR count). The van der Waals surface area contributed by atoms with Crippen molar-refractivity contribution < 1.29 is 18.8 Å². The molecule has 0 fully saturated rings. The summed E-state index contributed by atoms with van der Waals surface area (Å²) < 4.78 is 10.5. The number of aromatic nitrogens is 3. The van der Waals surface area contributed by atoms with Gasteiger partial charge in [0.1, 0.15) is 0 Å². The molecule has 0 aliphatic rings. The third-order valence-electron chi connectivity index (χ3n) is 4.25. The molecule has 1 aromatic carbocycles. The first-order chi connectivity index (χ1) is 14.5. The van der Waals surface area contributed by atoms with Crippen LogP contribution in [0.1, 0.15) is 44.2 Å². The number of hydrogen-bond acceptors (Lipinski definition) is 7. The van der Waals surface area contributed by atoms with Crippen LogP contribution in [-0.2, 0) is 20.7 Å². The van der Waals surface area contributed by atoms with E-state index in [1.54, 1.807) is 38.4 Å². The Kier molecular flexibility index (Phi) is 7.26. The number of amides is 1. The largest absolute Gasteiger partial charge is 0.463 e. The molecule has 156 valence electrons. The molecule has 0 saturated carbocycles. The maximum absolute atomic E-state index is 12.5. The van der Waals surface area contributed by atoms with Gasteiger partial charge in [-0.15, -0.1) is 0 Å². The molecule has 0 saturated heterocycles. The summed E-state index contributed by atoms with van der Waals surface area (Å²) in [7, 11) is 0. The molecule has 3 aromatic rings. The van der Waals surface area contributed by atoms with E-state index >= 15 is 0 Å². The van der Waals surface area contributed by atoms with Crippen LogP contribution in [0.2, 0.25) is 0 Å². The van der Waals surface area contributed by atoms with Gasteiger partial charge in [-0.3, -0.25) is 14.6 Å². The van der Waals surface area contributed by atoms with Crippen molar-refractivity contribution in [1.29, 1.82) is 0 Å². The number of benzene rings is 1. The monoisotopic (exact) mass is 408 g/mol. The Bertz CT molecular complexity index is 958. The Hall–Kier alpha value is -3.55. The molecule has 1 N–H and O–H groups in total. The number of esters is 1. The third kappa shape index (κ3) is 6.23. The van der Waals surface area contributed by atoms with E-state index in [-0.39, 0.29) is 30.8 Å². The van der Waals surface area contributed by atoms with E-state index in [2.05, 4.69) is 20.4 Å². The number of nitrogens with zero attached hydrogens (tertiary/aromatic N) is 3. The average Bonchev–Trinajstić information content (AvgIpc) is 3.22. The Morgan fingerprint density at radius 1 is 1.10 bits per heavy atom. The number of pyridine rings is 1. The molecule has 1 unspecified atom stereocenters. The molecule has 8 heteroatoms. The highest BCUT2D eigenvalue weighted by molar-refractivity contribution is 5.78. The van der Waals surface area contributed by atoms with Crippen LogP contribution in [0.4, 0.5) is 0 Å². The lowest BCUT2D eigenvalue weighted by molar-refractivity contribution is -0.148. The molecule has 0 bridgehead atoms. The smallest absolute Gasteiger partial charge is 0.308 e. The lowest BCUT2D eigenvalue weighted by Gasteiger charge is -2.19. The van der Waals surface area contributed by atoms with Crippen LogP contribution in [0.25, 0.3) is 11.4 Å². The van der Waals surface area contributed by atoms with Gasteiger partial charge in [0, 0.05) is 30.8 Å². The summed E-state index contributed by atoms with van der Waals surface area (Å²) in [5.41, 5.74) is 1.63. The number of carbonyl (C=O) groups excluding carboxylic acids is 2. The quantitative estimate of drug-likeness (QED) is 0.542. The lowest BCUT2D eigenvalue weighted by atomic mass is 10.0. The minimum absolute atomic E-state index is 0.0562. The fourth-order valence-electron chi connectivity index (χ4n) is 2.88. The van der Waals surface area contributed by atoms with Gasteiger partial charge >= 0.3 is 5.97 Å². The summed E-state index contributed by atoms with van der Waals surface area (Å²) in [6, 6.07) is 12.4. The summed E-state index contributed by atoms with van der Waals surface area (Å²) in [5, 5.41) is 6.84. The van der Waals surface area contributed by atoms with Gasteiger partial charge in [0.05, 0.1) is 18.6 Å². The Morgan fingerprint density at radius 3 is 2.53 bits per heavy atom. The Morgan fingerprint density at radius 2 is 1.83 bits per heavy atom. The molecule has 0 radical (unpaired) electrons. The summed E-state index contributed by atoms with van der Waals surface area (Å²) in [5.74, 6) is 0.238. The van der Waals surface area contributed by atoms with Crippen molar-refractivity contribution in [3.63, 3.8) is 0 Å². The van der Waals surface area contributed by atoms with Gasteiger partial charge in [0.15, 0.2) is 0 Å². The predicted molar refractivity (Wildman–Crippen MR) is 109 cm³/mol. The molecule has 0 spiro atoms. The summed E-state index contributed by atoms with van der Waals surface area (Å²) in [6.07, 6.45) is 3.58. The topological polar surface area (TPSA) is 107 Å². The molecule has 1 atom stereocenters. The first-order valence-corrected chi connectivity index (χ1v) is 9.78. The van der Waals surface area contributed by atoms with Crippen LogP contribution >= 0.6 is 0 Å². The molecule has 0 aliphatic heterocycles. The van der Waals surface area contributed by atoms with Gasteiger partial charge in [-0.2, -0.15) is 4.98 Å². The summed E-state index contributed by atoms with van der Waals surface area (Å²) in [6.45, 7) is 3.58. The van der Waals surface area contributed by atoms with E-state index < -0.39 is 6.04 Å². The van der Waals surface area contributed by atoms with Gasteiger partial charge in [0.2, 0.25) is 17.6 Å². The predicted octanol–water partition coefficient (Wildman–Crippen LogP) is 3.26. The second-order valence-corrected chi connectivity index (χ2v) is 7.02. The SMILES string of the molecule is CC(C)OC(=O)CC(NC(=O)CCc1nc(-c2ccncc2)no1)c1ccccc1. The van der Waals surface area contributed by atoms with Gasteiger partial charge in [-0.25, -0.2) is 0 Å². The maximum atomic E-state index is 12.5.